The zero-order chi connectivity index (χ0) is 34.6. The van der Waals surface area contributed by atoms with Crippen LogP contribution in [0.1, 0.15) is 49.3 Å². The first-order valence-electron chi connectivity index (χ1n) is 17.3. The molecule has 11 heteroatoms. The third kappa shape index (κ3) is 7.21. The Morgan fingerprint density at radius 2 is 1.78 bits per heavy atom. The molecule has 0 amide bonds. The molecule has 2 aliphatic rings. The lowest BCUT2D eigenvalue weighted by Gasteiger charge is -2.30. The predicted octanol–water partition coefficient (Wildman–Crippen LogP) is 5.56. The number of halogens is 1. The number of methoxy groups -OCH3 is 1. The van der Waals surface area contributed by atoms with E-state index in [4.69, 9.17) is 9.47 Å². The molecule has 0 radical (unpaired) electrons. The number of nitrogens with zero attached hydrogens (tertiary/aromatic N) is 4. The van der Waals surface area contributed by atoms with Gasteiger partial charge in [-0.2, -0.15) is 0 Å². The minimum Gasteiger partial charge on any atom is -0.508 e. The fraction of sp³-hybridized carbons (Fsp3) is 0.359. The summed E-state index contributed by atoms with van der Waals surface area (Å²) in [5, 5.41) is 13.8. The van der Waals surface area contributed by atoms with Crippen molar-refractivity contribution in [2.75, 3.05) is 33.4 Å². The van der Waals surface area contributed by atoms with Crippen LogP contribution in [-0.4, -0.2) is 63.6 Å². The molecule has 10 nitrogen and oxygen atoms in total. The molecule has 3 heterocycles. The Morgan fingerprint density at radius 3 is 2.58 bits per heavy atom. The van der Waals surface area contributed by atoms with Crippen LogP contribution in [0.4, 0.5) is 4.39 Å². The van der Waals surface area contributed by atoms with Crippen molar-refractivity contribution in [2.24, 2.45) is 0 Å². The monoisotopic (exact) mass is 679 g/mol. The van der Waals surface area contributed by atoms with Crippen molar-refractivity contribution >= 4 is 11.0 Å². The molecule has 1 saturated carbocycles. The van der Waals surface area contributed by atoms with Crippen molar-refractivity contribution in [1.82, 2.24) is 24.3 Å². The number of ether oxygens (including phenoxy) is 2. The number of pyridine rings is 1. The summed E-state index contributed by atoms with van der Waals surface area (Å²) in [6.45, 7) is 4.81. The Balaban J connectivity index is 1.14. The largest absolute Gasteiger partial charge is 0.508 e. The van der Waals surface area contributed by atoms with E-state index in [2.05, 4.69) is 39.5 Å². The van der Waals surface area contributed by atoms with Gasteiger partial charge in [-0.05, 0) is 85.2 Å². The highest BCUT2D eigenvalue weighted by Crippen LogP contribution is 2.30. The Labute approximate surface area is 289 Å². The summed E-state index contributed by atoms with van der Waals surface area (Å²) in [6, 6.07) is 22.1. The van der Waals surface area contributed by atoms with Crippen molar-refractivity contribution in [3.63, 3.8) is 0 Å². The van der Waals surface area contributed by atoms with E-state index in [9.17, 15) is 19.1 Å². The van der Waals surface area contributed by atoms with Gasteiger partial charge in [-0.1, -0.05) is 36.4 Å². The lowest BCUT2D eigenvalue weighted by atomic mass is 9.90. The van der Waals surface area contributed by atoms with Crippen LogP contribution in [0.3, 0.4) is 0 Å². The molecule has 5 aromatic rings. The molecule has 0 unspecified atom stereocenters. The number of benzene rings is 3. The number of hydrogen-bond donors (Lipinski definition) is 2. The standard InChI is InChI=1S/C39H42FN5O5/c1-49-34-14-15-36(46)29(21-34)23-41-31-10-12-32(13-11-31)45-38(47)35-22-30(40)24-42-37(35)44(39(45)48)33-5-2-4-28(20-33)27-8-6-26(7-9-27)25-43-16-3-18-50-19-17-43/h2,4-9,14-15,20-22,24,31-32,41,46H,3,10-13,16-19,23,25H2,1H3. The highest BCUT2D eigenvalue weighted by Gasteiger charge is 2.27. The molecule has 260 valence electrons. The summed E-state index contributed by atoms with van der Waals surface area (Å²) in [5.41, 5.74) is 3.50. The van der Waals surface area contributed by atoms with Crippen LogP contribution in [0.5, 0.6) is 11.5 Å². The van der Waals surface area contributed by atoms with Gasteiger partial charge in [-0.3, -0.25) is 14.3 Å². The number of nitrogens with one attached hydrogen (secondary N) is 1. The number of fused-ring (bicyclic) bond motifs is 1. The molecule has 1 aliphatic heterocycles. The second-order valence-corrected chi connectivity index (χ2v) is 13.2. The second kappa shape index (κ2) is 15.0. The number of aromatic hydroxyl groups is 1. The van der Waals surface area contributed by atoms with E-state index in [-0.39, 0.29) is 28.9 Å². The molecule has 0 bridgehead atoms. The first kappa shape index (κ1) is 33.6. The van der Waals surface area contributed by atoms with Crippen molar-refractivity contribution in [1.29, 1.82) is 0 Å². The minimum atomic E-state index is -0.637. The Morgan fingerprint density at radius 1 is 0.960 bits per heavy atom. The number of hydrogen-bond acceptors (Lipinski definition) is 8. The number of phenols is 1. The van der Waals surface area contributed by atoms with E-state index in [0.717, 1.165) is 75.0 Å². The molecule has 2 N–H and O–H groups in total. The fourth-order valence-corrected chi connectivity index (χ4v) is 7.20. The zero-order valence-corrected chi connectivity index (χ0v) is 28.2. The second-order valence-electron chi connectivity index (χ2n) is 13.2. The summed E-state index contributed by atoms with van der Waals surface area (Å²) in [4.78, 5) is 34.8. The van der Waals surface area contributed by atoms with Gasteiger partial charge < -0.3 is 19.9 Å². The van der Waals surface area contributed by atoms with Gasteiger partial charge in [0.25, 0.3) is 5.56 Å². The maximum atomic E-state index is 14.5. The van der Waals surface area contributed by atoms with Gasteiger partial charge in [0, 0.05) is 50.4 Å². The van der Waals surface area contributed by atoms with Crippen LogP contribution in [0, 0.1) is 5.82 Å². The summed E-state index contributed by atoms with van der Waals surface area (Å²) in [6.07, 6.45) is 4.68. The molecule has 1 aliphatic carbocycles. The zero-order valence-electron chi connectivity index (χ0n) is 28.2. The van der Waals surface area contributed by atoms with Gasteiger partial charge in [0.05, 0.1) is 31.0 Å². The maximum Gasteiger partial charge on any atom is 0.337 e. The smallest absolute Gasteiger partial charge is 0.337 e. The van der Waals surface area contributed by atoms with Crippen LogP contribution >= 0.6 is 0 Å². The van der Waals surface area contributed by atoms with Crippen LogP contribution in [-0.2, 0) is 17.8 Å². The van der Waals surface area contributed by atoms with Gasteiger partial charge >= 0.3 is 5.69 Å². The van der Waals surface area contributed by atoms with Gasteiger partial charge in [-0.15, -0.1) is 0 Å². The lowest BCUT2D eigenvalue weighted by Crippen LogP contribution is -2.44. The van der Waals surface area contributed by atoms with E-state index in [1.165, 1.54) is 20.8 Å². The minimum absolute atomic E-state index is 0.0621. The van der Waals surface area contributed by atoms with Crippen LogP contribution in [0.25, 0.3) is 27.8 Å². The summed E-state index contributed by atoms with van der Waals surface area (Å²) in [7, 11) is 1.59. The summed E-state index contributed by atoms with van der Waals surface area (Å²) >= 11 is 0. The SMILES string of the molecule is COc1ccc(O)c(CNC2CCC(n3c(=O)c4cc(F)cnc4n(-c4cccc(-c5ccc(CN6CCCOCC6)cc5)c4)c3=O)CC2)c1. The highest BCUT2D eigenvalue weighted by atomic mass is 19.1. The third-order valence-corrected chi connectivity index (χ3v) is 9.93. The van der Waals surface area contributed by atoms with Crippen LogP contribution in [0.15, 0.2) is 88.6 Å². The summed E-state index contributed by atoms with van der Waals surface area (Å²) < 4.78 is 28.1. The van der Waals surface area contributed by atoms with Gasteiger partial charge in [0.1, 0.15) is 17.3 Å². The molecule has 3 aromatic carbocycles. The number of phenolic OH excluding ortho intramolecular Hbond substituents is 1. The summed E-state index contributed by atoms with van der Waals surface area (Å²) in [5.74, 6) is 0.220. The van der Waals surface area contributed by atoms with Crippen molar-refractivity contribution in [3.8, 4) is 28.3 Å². The van der Waals surface area contributed by atoms with Gasteiger partial charge in [-0.25, -0.2) is 18.7 Å². The lowest BCUT2D eigenvalue weighted by molar-refractivity contribution is 0.140. The normalized spacial score (nSPS) is 18.6. The average Bonchev–Trinajstić information content (AvgIpc) is 3.41. The first-order valence-corrected chi connectivity index (χ1v) is 17.3. The van der Waals surface area contributed by atoms with Crippen LogP contribution < -0.4 is 21.3 Å². The number of rotatable bonds is 9. The van der Waals surface area contributed by atoms with Gasteiger partial charge in [0.15, 0.2) is 5.65 Å². The predicted molar refractivity (Wildman–Crippen MR) is 190 cm³/mol. The molecule has 50 heavy (non-hydrogen) atoms. The fourth-order valence-electron chi connectivity index (χ4n) is 7.20. The van der Waals surface area contributed by atoms with Gasteiger partial charge in [0.2, 0.25) is 0 Å². The Bertz CT molecular complexity index is 2080. The first-order chi connectivity index (χ1) is 24.4. The molecule has 7 rings (SSSR count). The van der Waals surface area contributed by atoms with Crippen LogP contribution in [0.2, 0.25) is 0 Å². The molecule has 2 fully saturated rings. The molecule has 0 spiro atoms. The Hall–Kier alpha value is -4.84. The molecular weight excluding hydrogens is 637 g/mol. The average molecular weight is 680 g/mol. The third-order valence-electron chi connectivity index (χ3n) is 9.93. The van der Waals surface area contributed by atoms with E-state index in [0.29, 0.717) is 30.8 Å². The topological polar surface area (TPSA) is 111 Å². The van der Waals surface area contributed by atoms with E-state index in [1.807, 2.05) is 24.3 Å². The van der Waals surface area contributed by atoms with Crippen molar-refractivity contribution < 1.29 is 19.0 Å². The van der Waals surface area contributed by atoms with E-state index < -0.39 is 17.1 Å². The molecular formula is C39H42FN5O5. The van der Waals surface area contributed by atoms with E-state index in [1.54, 1.807) is 25.3 Å². The highest BCUT2D eigenvalue weighted by molar-refractivity contribution is 5.76. The van der Waals surface area contributed by atoms with Crippen molar-refractivity contribution in [3.05, 3.63) is 117 Å². The van der Waals surface area contributed by atoms with Crippen molar-refractivity contribution in [2.45, 2.75) is 57.3 Å². The molecule has 2 aromatic heterocycles. The number of aromatic nitrogens is 3. The Kier molecular flexibility index (Phi) is 10.1. The quantitative estimate of drug-likeness (QED) is 0.208. The van der Waals surface area contributed by atoms with E-state index >= 15 is 0 Å². The maximum absolute atomic E-state index is 14.5. The molecule has 0 atom stereocenters. The molecule has 1 saturated heterocycles.